The van der Waals surface area contributed by atoms with E-state index in [4.69, 9.17) is 27.6 Å². The Labute approximate surface area is 165 Å². The highest BCUT2D eigenvalue weighted by molar-refractivity contribution is 7.99. The Kier molecular flexibility index (Phi) is 6.19. The topological polar surface area (TPSA) is 68.0 Å². The van der Waals surface area contributed by atoms with Crippen LogP contribution in [0, 0.1) is 0 Å². The van der Waals surface area contributed by atoms with Crippen LogP contribution in [0.3, 0.4) is 0 Å². The van der Waals surface area contributed by atoms with Gasteiger partial charge in [-0.1, -0.05) is 59.2 Å². The van der Waals surface area contributed by atoms with Crippen LogP contribution in [0.25, 0.3) is 11.5 Å². The molecule has 2 aromatic carbocycles. The molecule has 1 unspecified atom stereocenters. The Morgan fingerprint density at radius 3 is 2.69 bits per heavy atom. The van der Waals surface area contributed by atoms with Gasteiger partial charge in [-0.15, -0.1) is 10.2 Å². The van der Waals surface area contributed by atoms with Crippen LogP contribution >= 0.6 is 35.0 Å². The summed E-state index contributed by atoms with van der Waals surface area (Å²) in [6, 6.07) is 14.4. The van der Waals surface area contributed by atoms with Crippen LogP contribution in [0.15, 0.2) is 58.2 Å². The van der Waals surface area contributed by atoms with Crippen LogP contribution in [0.2, 0.25) is 10.0 Å². The van der Waals surface area contributed by atoms with Gasteiger partial charge in [0.15, 0.2) is 0 Å². The lowest BCUT2D eigenvalue weighted by molar-refractivity contribution is -0.119. The van der Waals surface area contributed by atoms with E-state index in [1.54, 1.807) is 18.2 Å². The van der Waals surface area contributed by atoms with Crippen molar-refractivity contribution in [2.45, 2.75) is 18.2 Å². The monoisotopic (exact) mass is 407 g/mol. The van der Waals surface area contributed by atoms with E-state index >= 15 is 0 Å². The molecule has 0 radical (unpaired) electrons. The number of carbonyl (C=O) groups excluding carboxylic acids is 1. The molecular weight excluding hydrogens is 393 g/mol. The van der Waals surface area contributed by atoms with Crippen LogP contribution in [-0.2, 0) is 4.79 Å². The molecular formula is C18H15Cl2N3O2S. The van der Waals surface area contributed by atoms with Crippen LogP contribution < -0.4 is 5.32 Å². The number of thioether (sulfide) groups is 1. The molecule has 0 aliphatic heterocycles. The van der Waals surface area contributed by atoms with Gasteiger partial charge in [0.2, 0.25) is 11.8 Å². The molecule has 0 aliphatic carbocycles. The molecule has 134 valence electrons. The summed E-state index contributed by atoms with van der Waals surface area (Å²) in [5.74, 6) is 0.425. The predicted molar refractivity (Wildman–Crippen MR) is 103 cm³/mol. The fourth-order valence-corrected chi connectivity index (χ4v) is 3.45. The van der Waals surface area contributed by atoms with Crippen molar-refractivity contribution in [3.8, 4) is 11.5 Å². The van der Waals surface area contributed by atoms with Gasteiger partial charge in [-0.25, -0.2) is 0 Å². The molecule has 5 nitrogen and oxygen atoms in total. The lowest BCUT2D eigenvalue weighted by atomic mass is 10.1. The van der Waals surface area contributed by atoms with E-state index in [2.05, 4.69) is 15.5 Å². The van der Waals surface area contributed by atoms with E-state index in [1.807, 2.05) is 37.3 Å². The summed E-state index contributed by atoms with van der Waals surface area (Å²) in [5, 5.41) is 12.3. The summed E-state index contributed by atoms with van der Waals surface area (Å²) in [4.78, 5) is 12.2. The van der Waals surface area contributed by atoms with E-state index in [9.17, 15) is 4.79 Å². The maximum atomic E-state index is 12.2. The minimum absolute atomic E-state index is 0.159. The second kappa shape index (κ2) is 8.58. The third kappa shape index (κ3) is 4.78. The number of halogens is 2. The molecule has 1 N–H and O–H groups in total. The molecule has 0 spiro atoms. The molecule has 1 heterocycles. The molecule has 3 rings (SSSR count). The Morgan fingerprint density at radius 1 is 1.19 bits per heavy atom. The highest BCUT2D eigenvalue weighted by Crippen LogP contribution is 2.27. The minimum atomic E-state index is -0.240. The number of aromatic nitrogens is 2. The Bertz CT molecular complexity index is 902. The largest absolute Gasteiger partial charge is 0.411 e. The van der Waals surface area contributed by atoms with Crippen molar-refractivity contribution >= 4 is 40.9 Å². The van der Waals surface area contributed by atoms with Crippen LogP contribution in [0.5, 0.6) is 0 Å². The highest BCUT2D eigenvalue weighted by atomic mass is 35.5. The van der Waals surface area contributed by atoms with Gasteiger partial charge < -0.3 is 9.73 Å². The zero-order valence-electron chi connectivity index (χ0n) is 13.8. The van der Waals surface area contributed by atoms with Crippen molar-refractivity contribution in [2.75, 3.05) is 5.75 Å². The van der Waals surface area contributed by atoms with Crippen molar-refractivity contribution in [3.05, 3.63) is 64.1 Å². The van der Waals surface area contributed by atoms with Gasteiger partial charge in [0.05, 0.1) is 11.8 Å². The Morgan fingerprint density at radius 2 is 1.96 bits per heavy atom. The Hall–Kier alpha value is -2.02. The van der Waals surface area contributed by atoms with Crippen molar-refractivity contribution in [1.82, 2.24) is 15.5 Å². The zero-order chi connectivity index (χ0) is 18.5. The minimum Gasteiger partial charge on any atom is -0.411 e. The first-order valence-corrected chi connectivity index (χ1v) is 9.53. The molecule has 3 aromatic rings. The summed E-state index contributed by atoms with van der Waals surface area (Å²) in [5.41, 5.74) is 1.64. The standard InChI is InChI=1S/C18H15Cl2N3O2S/c1-11(14-8-7-13(19)9-15(14)20)21-16(24)10-26-18-23-22-17(25-18)12-5-3-2-4-6-12/h2-9,11H,10H2,1H3,(H,21,24). The van der Waals surface area contributed by atoms with Gasteiger partial charge in [0, 0.05) is 15.6 Å². The first-order chi connectivity index (χ1) is 12.5. The van der Waals surface area contributed by atoms with E-state index in [-0.39, 0.29) is 17.7 Å². The second-order valence-corrected chi connectivity index (χ2v) is 7.25. The van der Waals surface area contributed by atoms with Crippen molar-refractivity contribution in [2.24, 2.45) is 0 Å². The molecule has 1 aromatic heterocycles. The molecule has 0 fully saturated rings. The summed E-state index contributed by atoms with van der Waals surface area (Å²) in [6.45, 7) is 1.86. The van der Waals surface area contributed by atoms with E-state index in [0.29, 0.717) is 21.2 Å². The van der Waals surface area contributed by atoms with Gasteiger partial charge >= 0.3 is 0 Å². The summed E-state index contributed by atoms with van der Waals surface area (Å²) in [7, 11) is 0. The van der Waals surface area contributed by atoms with Gasteiger partial charge in [-0.3, -0.25) is 4.79 Å². The quantitative estimate of drug-likeness (QED) is 0.581. The number of carbonyl (C=O) groups is 1. The van der Waals surface area contributed by atoms with E-state index in [1.165, 1.54) is 11.8 Å². The number of rotatable bonds is 6. The number of nitrogens with one attached hydrogen (secondary N) is 1. The van der Waals surface area contributed by atoms with Gasteiger partial charge in [0.1, 0.15) is 0 Å². The third-order valence-corrected chi connectivity index (χ3v) is 4.94. The zero-order valence-corrected chi connectivity index (χ0v) is 16.1. The smallest absolute Gasteiger partial charge is 0.277 e. The van der Waals surface area contributed by atoms with Gasteiger partial charge in [-0.05, 0) is 36.8 Å². The number of hydrogen-bond acceptors (Lipinski definition) is 5. The molecule has 0 saturated heterocycles. The van der Waals surface area contributed by atoms with Gasteiger partial charge in [-0.2, -0.15) is 0 Å². The highest BCUT2D eigenvalue weighted by Gasteiger charge is 2.15. The SMILES string of the molecule is CC(NC(=O)CSc1nnc(-c2ccccc2)o1)c1ccc(Cl)cc1Cl. The van der Waals surface area contributed by atoms with Crippen molar-refractivity contribution in [3.63, 3.8) is 0 Å². The summed E-state index contributed by atoms with van der Waals surface area (Å²) >= 11 is 13.2. The fourth-order valence-electron chi connectivity index (χ4n) is 2.31. The van der Waals surface area contributed by atoms with Crippen molar-refractivity contribution in [1.29, 1.82) is 0 Å². The number of nitrogens with zero attached hydrogens (tertiary/aromatic N) is 2. The molecule has 0 saturated carbocycles. The van der Waals surface area contributed by atoms with Crippen LogP contribution in [0.4, 0.5) is 0 Å². The predicted octanol–water partition coefficient (Wildman–Crippen LogP) is 5.01. The van der Waals surface area contributed by atoms with Crippen molar-refractivity contribution < 1.29 is 9.21 Å². The fraction of sp³-hybridized carbons (Fsp3) is 0.167. The molecule has 0 bridgehead atoms. The first kappa shape index (κ1) is 18.8. The third-order valence-electron chi connectivity index (χ3n) is 3.56. The summed E-state index contributed by atoms with van der Waals surface area (Å²) < 4.78 is 5.57. The maximum Gasteiger partial charge on any atom is 0.277 e. The number of benzene rings is 2. The Balaban J connectivity index is 1.55. The second-order valence-electron chi connectivity index (χ2n) is 5.48. The van der Waals surface area contributed by atoms with E-state index < -0.39 is 0 Å². The maximum absolute atomic E-state index is 12.2. The average Bonchev–Trinajstić information content (AvgIpc) is 3.09. The van der Waals surface area contributed by atoms with Crippen LogP contribution in [0.1, 0.15) is 18.5 Å². The number of hydrogen-bond donors (Lipinski definition) is 1. The van der Waals surface area contributed by atoms with E-state index in [0.717, 1.165) is 11.1 Å². The summed E-state index contributed by atoms with van der Waals surface area (Å²) in [6.07, 6.45) is 0. The van der Waals surface area contributed by atoms with Gasteiger partial charge in [0.25, 0.3) is 5.22 Å². The molecule has 26 heavy (non-hydrogen) atoms. The molecule has 1 amide bonds. The lowest BCUT2D eigenvalue weighted by Gasteiger charge is -2.15. The number of amides is 1. The molecule has 1 atom stereocenters. The normalized spacial score (nSPS) is 12.0. The lowest BCUT2D eigenvalue weighted by Crippen LogP contribution is -2.28. The molecule has 0 aliphatic rings. The molecule has 8 heteroatoms. The average molecular weight is 408 g/mol. The van der Waals surface area contributed by atoms with Crippen LogP contribution in [-0.4, -0.2) is 21.9 Å². The first-order valence-electron chi connectivity index (χ1n) is 7.79.